The number of alkyl halides is 3. The van der Waals surface area contributed by atoms with Crippen LogP contribution in [0.1, 0.15) is 35.7 Å². The first-order valence-electron chi connectivity index (χ1n) is 10.5. The largest absolute Gasteiger partial charge is 0.416 e. The van der Waals surface area contributed by atoms with Crippen LogP contribution in [0.15, 0.2) is 48.5 Å². The summed E-state index contributed by atoms with van der Waals surface area (Å²) in [5.74, 6) is -0.126. The van der Waals surface area contributed by atoms with Crippen molar-refractivity contribution < 1.29 is 27.5 Å². The molecule has 0 saturated carbocycles. The van der Waals surface area contributed by atoms with E-state index in [1.165, 1.54) is 24.3 Å². The highest BCUT2D eigenvalue weighted by molar-refractivity contribution is 6.05. The Labute approximate surface area is 184 Å². The van der Waals surface area contributed by atoms with Crippen LogP contribution in [-0.2, 0) is 10.9 Å². The van der Waals surface area contributed by atoms with Crippen LogP contribution >= 0.6 is 0 Å². The van der Waals surface area contributed by atoms with E-state index in [-0.39, 0.29) is 17.3 Å². The van der Waals surface area contributed by atoms with Crippen molar-refractivity contribution >= 4 is 23.3 Å². The van der Waals surface area contributed by atoms with E-state index in [2.05, 4.69) is 10.6 Å². The summed E-state index contributed by atoms with van der Waals surface area (Å²) in [5, 5.41) is 5.25. The molecule has 0 atom stereocenters. The fourth-order valence-corrected chi connectivity index (χ4v) is 3.50. The molecule has 1 heterocycles. The number of amides is 3. The quantitative estimate of drug-likeness (QED) is 0.634. The number of rotatable bonds is 6. The molecule has 9 heteroatoms. The number of carbonyl (C=O) groups excluding carboxylic acids is 2. The van der Waals surface area contributed by atoms with E-state index in [0.29, 0.717) is 37.9 Å². The van der Waals surface area contributed by atoms with E-state index in [0.717, 1.165) is 25.0 Å². The van der Waals surface area contributed by atoms with Gasteiger partial charge in [0.2, 0.25) is 0 Å². The predicted molar refractivity (Wildman–Crippen MR) is 116 cm³/mol. The Kier molecular flexibility index (Phi) is 7.74. The van der Waals surface area contributed by atoms with Gasteiger partial charge in [-0.15, -0.1) is 0 Å². The lowest BCUT2D eigenvalue weighted by Crippen LogP contribution is -2.41. The van der Waals surface area contributed by atoms with Crippen LogP contribution in [0.2, 0.25) is 0 Å². The number of hydrogen-bond acceptors (Lipinski definition) is 3. The maximum Gasteiger partial charge on any atom is 0.416 e. The van der Waals surface area contributed by atoms with Gasteiger partial charge in [-0.2, -0.15) is 13.2 Å². The molecule has 1 saturated heterocycles. The van der Waals surface area contributed by atoms with Gasteiger partial charge in [0.25, 0.3) is 5.91 Å². The van der Waals surface area contributed by atoms with E-state index in [4.69, 9.17) is 4.74 Å². The topological polar surface area (TPSA) is 70.7 Å². The SMILES string of the molecule is CCOCC1CCN(C(=O)Nc2cccc(C(=O)Nc3cccc(C(F)(F)F)c3)c2)CC1. The Hall–Kier alpha value is -3.07. The summed E-state index contributed by atoms with van der Waals surface area (Å²) in [7, 11) is 0. The highest BCUT2D eigenvalue weighted by Crippen LogP contribution is 2.30. The van der Waals surface area contributed by atoms with Gasteiger partial charge in [-0.1, -0.05) is 12.1 Å². The molecule has 0 aromatic heterocycles. The molecule has 0 unspecified atom stereocenters. The number of piperidine rings is 1. The van der Waals surface area contributed by atoms with Crippen LogP contribution in [0, 0.1) is 5.92 Å². The Morgan fingerprint density at radius 3 is 2.34 bits per heavy atom. The zero-order valence-corrected chi connectivity index (χ0v) is 17.7. The number of hydrogen-bond donors (Lipinski definition) is 2. The van der Waals surface area contributed by atoms with Gasteiger partial charge in [-0.3, -0.25) is 4.79 Å². The first-order chi connectivity index (χ1) is 15.3. The number of urea groups is 1. The molecular formula is C23H26F3N3O3. The Morgan fingerprint density at radius 1 is 1.03 bits per heavy atom. The standard InChI is InChI=1S/C23H26F3N3O3/c1-2-32-15-16-9-11-29(12-10-16)22(31)28-19-7-3-5-17(13-19)21(30)27-20-8-4-6-18(14-20)23(24,25)26/h3-8,13-14,16H,2,9-12,15H2,1H3,(H,27,30)(H,28,31). The zero-order valence-electron chi connectivity index (χ0n) is 17.7. The second-order valence-electron chi connectivity index (χ2n) is 7.63. The summed E-state index contributed by atoms with van der Waals surface area (Å²) in [5.41, 5.74) is -0.158. The number of likely N-dealkylation sites (tertiary alicyclic amines) is 1. The molecule has 32 heavy (non-hydrogen) atoms. The number of ether oxygens (including phenoxy) is 1. The second-order valence-corrected chi connectivity index (χ2v) is 7.63. The smallest absolute Gasteiger partial charge is 0.381 e. The van der Waals surface area contributed by atoms with Gasteiger partial charge in [0, 0.05) is 43.2 Å². The number of anilines is 2. The van der Waals surface area contributed by atoms with E-state index in [1.807, 2.05) is 6.92 Å². The molecule has 0 bridgehead atoms. The van der Waals surface area contributed by atoms with Crippen molar-refractivity contribution in [2.45, 2.75) is 25.9 Å². The highest BCUT2D eigenvalue weighted by atomic mass is 19.4. The molecule has 2 aromatic carbocycles. The first-order valence-corrected chi connectivity index (χ1v) is 10.5. The summed E-state index contributed by atoms with van der Waals surface area (Å²) >= 11 is 0. The lowest BCUT2D eigenvalue weighted by Gasteiger charge is -2.31. The predicted octanol–water partition coefficient (Wildman–Crippen LogP) is 5.24. The van der Waals surface area contributed by atoms with Crippen LogP contribution in [0.5, 0.6) is 0 Å². The Bertz CT molecular complexity index is 941. The number of carbonyl (C=O) groups is 2. The van der Waals surface area contributed by atoms with Crippen molar-refractivity contribution in [1.82, 2.24) is 4.90 Å². The van der Waals surface area contributed by atoms with E-state index in [9.17, 15) is 22.8 Å². The molecule has 2 aromatic rings. The molecular weight excluding hydrogens is 423 g/mol. The lowest BCUT2D eigenvalue weighted by atomic mass is 9.98. The lowest BCUT2D eigenvalue weighted by molar-refractivity contribution is -0.137. The third kappa shape index (κ3) is 6.46. The minimum Gasteiger partial charge on any atom is -0.381 e. The molecule has 3 rings (SSSR count). The van der Waals surface area contributed by atoms with Crippen molar-refractivity contribution in [1.29, 1.82) is 0 Å². The molecule has 3 amide bonds. The summed E-state index contributed by atoms with van der Waals surface area (Å²) in [4.78, 5) is 26.8. The number of benzene rings is 2. The minimum absolute atomic E-state index is 0.0363. The number of nitrogens with one attached hydrogen (secondary N) is 2. The van der Waals surface area contributed by atoms with Crippen molar-refractivity contribution in [2.75, 3.05) is 36.9 Å². The molecule has 0 spiro atoms. The van der Waals surface area contributed by atoms with Crippen molar-refractivity contribution in [3.63, 3.8) is 0 Å². The summed E-state index contributed by atoms with van der Waals surface area (Å²) in [6, 6.07) is 10.4. The molecule has 6 nitrogen and oxygen atoms in total. The molecule has 0 aliphatic carbocycles. The third-order valence-electron chi connectivity index (χ3n) is 5.28. The molecule has 172 valence electrons. The Balaban J connectivity index is 1.58. The average Bonchev–Trinajstić information content (AvgIpc) is 2.78. The summed E-state index contributed by atoms with van der Waals surface area (Å²) in [6.45, 7) is 4.59. The van der Waals surface area contributed by atoms with Crippen LogP contribution in [0.25, 0.3) is 0 Å². The molecule has 1 aliphatic rings. The van der Waals surface area contributed by atoms with E-state index < -0.39 is 17.6 Å². The van der Waals surface area contributed by atoms with Gasteiger partial charge in [-0.05, 0) is 62.1 Å². The third-order valence-corrected chi connectivity index (χ3v) is 5.28. The fourth-order valence-electron chi connectivity index (χ4n) is 3.50. The summed E-state index contributed by atoms with van der Waals surface area (Å²) < 4.78 is 44.1. The van der Waals surface area contributed by atoms with Crippen LogP contribution in [0.4, 0.5) is 29.3 Å². The molecule has 0 radical (unpaired) electrons. The van der Waals surface area contributed by atoms with E-state index >= 15 is 0 Å². The van der Waals surface area contributed by atoms with Crippen LogP contribution in [0.3, 0.4) is 0 Å². The van der Waals surface area contributed by atoms with Gasteiger partial charge < -0.3 is 20.3 Å². The van der Waals surface area contributed by atoms with E-state index in [1.54, 1.807) is 17.0 Å². The maximum absolute atomic E-state index is 12.9. The maximum atomic E-state index is 12.9. The van der Waals surface area contributed by atoms with Crippen molar-refractivity contribution in [2.24, 2.45) is 5.92 Å². The second kappa shape index (κ2) is 10.5. The van der Waals surface area contributed by atoms with Crippen molar-refractivity contribution in [3.8, 4) is 0 Å². The van der Waals surface area contributed by atoms with Gasteiger partial charge in [-0.25, -0.2) is 4.79 Å². The molecule has 1 aliphatic heterocycles. The van der Waals surface area contributed by atoms with Crippen molar-refractivity contribution in [3.05, 3.63) is 59.7 Å². The zero-order chi connectivity index (χ0) is 23.1. The van der Waals surface area contributed by atoms with Gasteiger partial charge in [0.1, 0.15) is 0 Å². The van der Waals surface area contributed by atoms with Gasteiger partial charge in [0.05, 0.1) is 5.56 Å². The molecule has 1 fully saturated rings. The first kappa shape index (κ1) is 23.6. The normalized spacial score (nSPS) is 14.8. The monoisotopic (exact) mass is 449 g/mol. The Morgan fingerprint density at radius 2 is 1.69 bits per heavy atom. The van der Waals surface area contributed by atoms with Crippen LogP contribution in [-0.4, -0.2) is 43.1 Å². The van der Waals surface area contributed by atoms with Gasteiger partial charge >= 0.3 is 12.2 Å². The number of nitrogens with zero attached hydrogens (tertiary/aromatic N) is 1. The number of halogens is 3. The minimum atomic E-state index is -4.50. The van der Waals surface area contributed by atoms with Crippen LogP contribution < -0.4 is 10.6 Å². The van der Waals surface area contributed by atoms with Gasteiger partial charge in [0.15, 0.2) is 0 Å². The fraction of sp³-hybridized carbons (Fsp3) is 0.391. The summed E-state index contributed by atoms with van der Waals surface area (Å²) in [6.07, 6.45) is -2.76. The average molecular weight is 449 g/mol. The molecule has 2 N–H and O–H groups in total. The highest BCUT2D eigenvalue weighted by Gasteiger charge is 2.30.